The summed E-state index contributed by atoms with van der Waals surface area (Å²) >= 11 is 0. The van der Waals surface area contributed by atoms with Crippen LogP contribution in [0.4, 0.5) is 11.4 Å². The van der Waals surface area contributed by atoms with Crippen molar-refractivity contribution in [3.05, 3.63) is 66.6 Å². The maximum Gasteiger partial charge on any atom is 0.259 e. The number of aromatic nitrogens is 2. The SMILES string of the molecule is O=CNc1cccc(C(=O)Nc2ccc(Oc3ccncn3)cc2)c1O. The molecule has 0 atom stereocenters. The van der Waals surface area contributed by atoms with Gasteiger partial charge in [-0.25, -0.2) is 9.97 Å². The van der Waals surface area contributed by atoms with Crippen LogP contribution in [0.3, 0.4) is 0 Å². The third-order valence-corrected chi connectivity index (χ3v) is 3.38. The Kier molecular flexibility index (Phi) is 5.04. The van der Waals surface area contributed by atoms with Gasteiger partial charge in [0.1, 0.15) is 12.1 Å². The van der Waals surface area contributed by atoms with Crippen molar-refractivity contribution in [1.82, 2.24) is 9.97 Å². The number of nitrogens with one attached hydrogen (secondary N) is 2. The van der Waals surface area contributed by atoms with Crippen LogP contribution in [-0.4, -0.2) is 27.4 Å². The molecule has 0 aliphatic heterocycles. The molecule has 8 nitrogen and oxygen atoms in total. The maximum absolute atomic E-state index is 12.3. The van der Waals surface area contributed by atoms with Crippen molar-refractivity contribution in [2.24, 2.45) is 0 Å². The molecule has 0 unspecified atom stereocenters. The smallest absolute Gasteiger partial charge is 0.259 e. The number of nitrogens with zero attached hydrogens (tertiary/aromatic N) is 2. The molecule has 3 aromatic rings. The standard InChI is InChI=1S/C18H14N4O4/c23-11-21-15-3-1-2-14(17(15)24)18(25)22-12-4-6-13(7-5-12)26-16-8-9-19-10-20-16/h1-11,24H,(H,21,23)(H,22,25). The Morgan fingerprint density at radius 3 is 2.62 bits per heavy atom. The molecule has 0 aliphatic carbocycles. The second kappa shape index (κ2) is 7.75. The van der Waals surface area contributed by atoms with Crippen LogP contribution in [0.5, 0.6) is 17.4 Å². The first-order chi connectivity index (χ1) is 12.7. The van der Waals surface area contributed by atoms with Crippen LogP contribution >= 0.6 is 0 Å². The van der Waals surface area contributed by atoms with E-state index in [2.05, 4.69) is 20.6 Å². The number of carbonyl (C=O) groups excluding carboxylic acids is 2. The first-order valence-electron chi connectivity index (χ1n) is 7.55. The monoisotopic (exact) mass is 350 g/mol. The lowest BCUT2D eigenvalue weighted by Crippen LogP contribution is -2.12. The van der Waals surface area contributed by atoms with Crippen molar-refractivity contribution in [2.75, 3.05) is 10.6 Å². The van der Waals surface area contributed by atoms with Gasteiger partial charge in [-0.3, -0.25) is 9.59 Å². The largest absolute Gasteiger partial charge is 0.505 e. The minimum absolute atomic E-state index is 0.0400. The number of aromatic hydroxyl groups is 1. The van der Waals surface area contributed by atoms with Crippen molar-refractivity contribution in [3.8, 4) is 17.4 Å². The minimum atomic E-state index is -0.512. The highest BCUT2D eigenvalue weighted by Gasteiger charge is 2.14. The Hall–Kier alpha value is -3.94. The second-order valence-corrected chi connectivity index (χ2v) is 5.09. The molecule has 3 rings (SSSR count). The molecule has 0 saturated heterocycles. The van der Waals surface area contributed by atoms with Crippen LogP contribution in [-0.2, 0) is 4.79 Å². The van der Waals surface area contributed by atoms with Gasteiger partial charge in [-0.05, 0) is 36.4 Å². The number of hydrogen-bond acceptors (Lipinski definition) is 6. The molecule has 0 radical (unpaired) electrons. The van der Waals surface area contributed by atoms with Gasteiger partial charge in [-0.1, -0.05) is 6.07 Å². The molecular weight excluding hydrogens is 336 g/mol. The van der Waals surface area contributed by atoms with Gasteiger partial charge in [0, 0.05) is 18.0 Å². The Morgan fingerprint density at radius 1 is 1.12 bits per heavy atom. The summed E-state index contributed by atoms with van der Waals surface area (Å²) in [5.74, 6) is 0.130. The lowest BCUT2D eigenvalue weighted by molar-refractivity contribution is -0.105. The highest BCUT2D eigenvalue weighted by Crippen LogP contribution is 2.28. The molecule has 0 bridgehead atoms. The third-order valence-electron chi connectivity index (χ3n) is 3.38. The predicted molar refractivity (Wildman–Crippen MR) is 94.3 cm³/mol. The zero-order valence-electron chi connectivity index (χ0n) is 13.4. The molecule has 0 saturated carbocycles. The summed E-state index contributed by atoms with van der Waals surface area (Å²) in [6, 6.07) is 12.8. The van der Waals surface area contributed by atoms with E-state index in [1.807, 2.05) is 0 Å². The molecule has 0 aliphatic rings. The first-order valence-corrected chi connectivity index (χ1v) is 7.55. The van der Waals surface area contributed by atoms with Gasteiger partial charge in [0.25, 0.3) is 5.91 Å². The van der Waals surface area contributed by atoms with Crippen LogP contribution in [0.2, 0.25) is 0 Å². The molecule has 2 amide bonds. The molecule has 1 heterocycles. The predicted octanol–water partition coefficient (Wildman–Crippen LogP) is 2.80. The summed E-state index contributed by atoms with van der Waals surface area (Å²) in [5, 5.41) is 15.1. The summed E-state index contributed by atoms with van der Waals surface area (Å²) in [5.41, 5.74) is 0.706. The molecule has 8 heteroatoms. The Bertz CT molecular complexity index is 914. The quantitative estimate of drug-likeness (QED) is 0.465. The highest BCUT2D eigenvalue weighted by molar-refractivity contribution is 6.07. The second-order valence-electron chi connectivity index (χ2n) is 5.09. The van der Waals surface area contributed by atoms with Gasteiger partial charge >= 0.3 is 0 Å². The number of ether oxygens (including phenoxy) is 1. The van der Waals surface area contributed by atoms with Crippen molar-refractivity contribution in [2.45, 2.75) is 0 Å². The normalized spacial score (nSPS) is 10.0. The Morgan fingerprint density at radius 2 is 1.92 bits per heavy atom. The number of hydrogen-bond donors (Lipinski definition) is 3. The van der Waals surface area contributed by atoms with Gasteiger partial charge < -0.3 is 20.5 Å². The van der Waals surface area contributed by atoms with E-state index in [1.165, 1.54) is 18.5 Å². The lowest BCUT2D eigenvalue weighted by atomic mass is 10.1. The topological polar surface area (TPSA) is 113 Å². The lowest BCUT2D eigenvalue weighted by Gasteiger charge is -2.10. The van der Waals surface area contributed by atoms with Crippen molar-refractivity contribution in [1.29, 1.82) is 0 Å². The summed E-state index contributed by atoms with van der Waals surface area (Å²) < 4.78 is 5.54. The number of anilines is 2. The number of carbonyl (C=O) groups is 2. The van der Waals surface area contributed by atoms with E-state index < -0.39 is 5.91 Å². The van der Waals surface area contributed by atoms with Gasteiger partial charge in [0.05, 0.1) is 11.3 Å². The van der Waals surface area contributed by atoms with Crippen LogP contribution in [0.1, 0.15) is 10.4 Å². The summed E-state index contributed by atoms with van der Waals surface area (Å²) in [6.45, 7) is 0. The molecular formula is C18H14N4O4. The van der Waals surface area contributed by atoms with E-state index in [0.29, 0.717) is 23.7 Å². The van der Waals surface area contributed by atoms with Gasteiger partial charge in [-0.2, -0.15) is 0 Å². The number of phenolic OH excluding ortho intramolecular Hbond substituents is 1. The number of benzene rings is 2. The first kappa shape index (κ1) is 16.9. The van der Waals surface area contributed by atoms with Crippen LogP contribution in [0, 0.1) is 0 Å². The van der Waals surface area contributed by atoms with E-state index in [0.717, 1.165) is 0 Å². The van der Waals surface area contributed by atoms with Crippen LogP contribution < -0.4 is 15.4 Å². The number of phenols is 1. The Balaban J connectivity index is 1.70. The van der Waals surface area contributed by atoms with Crippen molar-refractivity contribution >= 4 is 23.7 Å². The van der Waals surface area contributed by atoms with Crippen molar-refractivity contribution in [3.63, 3.8) is 0 Å². The fourth-order valence-corrected chi connectivity index (χ4v) is 2.17. The number of amides is 2. The molecule has 0 fully saturated rings. The average molecular weight is 350 g/mol. The fourth-order valence-electron chi connectivity index (χ4n) is 2.17. The molecule has 130 valence electrons. The van der Waals surface area contributed by atoms with E-state index >= 15 is 0 Å². The summed E-state index contributed by atoms with van der Waals surface area (Å²) in [7, 11) is 0. The summed E-state index contributed by atoms with van der Waals surface area (Å²) in [6.07, 6.45) is 3.37. The van der Waals surface area contributed by atoms with E-state index in [9.17, 15) is 14.7 Å². The number of para-hydroxylation sites is 1. The Labute approximate surface area is 148 Å². The van der Waals surface area contributed by atoms with Crippen LogP contribution in [0.15, 0.2) is 61.1 Å². The molecule has 2 aromatic carbocycles. The zero-order chi connectivity index (χ0) is 18.4. The van der Waals surface area contributed by atoms with Gasteiger partial charge in [0.2, 0.25) is 12.3 Å². The molecule has 26 heavy (non-hydrogen) atoms. The fraction of sp³-hybridized carbons (Fsp3) is 0. The molecule has 3 N–H and O–H groups in total. The van der Waals surface area contributed by atoms with Crippen molar-refractivity contribution < 1.29 is 19.4 Å². The maximum atomic E-state index is 12.3. The van der Waals surface area contributed by atoms with Crippen LogP contribution in [0.25, 0.3) is 0 Å². The zero-order valence-corrected chi connectivity index (χ0v) is 13.4. The molecule has 1 aromatic heterocycles. The van der Waals surface area contributed by atoms with E-state index in [4.69, 9.17) is 4.74 Å². The van der Waals surface area contributed by atoms with E-state index in [-0.39, 0.29) is 17.0 Å². The average Bonchev–Trinajstić information content (AvgIpc) is 2.66. The molecule has 0 spiro atoms. The van der Waals surface area contributed by atoms with Gasteiger partial charge in [-0.15, -0.1) is 0 Å². The number of rotatable bonds is 6. The highest BCUT2D eigenvalue weighted by atomic mass is 16.5. The van der Waals surface area contributed by atoms with E-state index in [1.54, 1.807) is 42.6 Å². The third kappa shape index (κ3) is 3.93. The van der Waals surface area contributed by atoms with Gasteiger partial charge in [0.15, 0.2) is 5.75 Å². The summed E-state index contributed by atoms with van der Waals surface area (Å²) in [4.78, 5) is 30.6. The minimum Gasteiger partial charge on any atom is -0.505 e.